The van der Waals surface area contributed by atoms with Gasteiger partial charge in [0, 0.05) is 6.42 Å². The van der Waals surface area contributed by atoms with Crippen LogP contribution >= 0.6 is 0 Å². The Morgan fingerprint density at radius 3 is 2.43 bits per heavy atom. The van der Waals surface area contributed by atoms with Gasteiger partial charge in [-0.25, -0.2) is 19.2 Å². The van der Waals surface area contributed by atoms with Gasteiger partial charge < -0.3 is 15.7 Å². The molecule has 0 radical (unpaired) electrons. The zero-order chi connectivity index (χ0) is 16.9. The predicted molar refractivity (Wildman–Crippen MR) is 84.4 cm³/mol. The fraction of sp³-hybridized carbons (Fsp3) is 0.312. The number of aliphatic hydroxyl groups is 1. The van der Waals surface area contributed by atoms with Crippen LogP contribution in [0.1, 0.15) is 25.2 Å². The summed E-state index contributed by atoms with van der Waals surface area (Å²) in [5.74, 6) is 0.306. The molecule has 1 aromatic carbocycles. The summed E-state index contributed by atoms with van der Waals surface area (Å²) in [5, 5.41) is 15.5. The summed E-state index contributed by atoms with van der Waals surface area (Å²) in [6.07, 6.45) is 3.75. The van der Waals surface area contributed by atoms with Gasteiger partial charge in [-0.3, -0.25) is 0 Å². The minimum atomic E-state index is -1.31. The van der Waals surface area contributed by atoms with Gasteiger partial charge in [0.25, 0.3) is 0 Å². The number of amides is 2. The first-order chi connectivity index (χ1) is 10.9. The van der Waals surface area contributed by atoms with E-state index in [0.717, 1.165) is 0 Å². The molecule has 1 heterocycles. The minimum Gasteiger partial charge on any atom is -0.384 e. The van der Waals surface area contributed by atoms with Crippen LogP contribution in [-0.2, 0) is 12.0 Å². The number of urea groups is 1. The van der Waals surface area contributed by atoms with E-state index in [9.17, 15) is 14.3 Å². The summed E-state index contributed by atoms with van der Waals surface area (Å²) < 4.78 is 12.9. The fourth-order valence-electron chi connectivity index (χ4n) is 1.94. The first kappa shape index (κ1) is 16.8. The van der Waals surface area contributed by atoms with Crippen molar-refractivity contribution in [1.29, 1.82) is 0 Å². The number of carbonyl (C=O) groups excluding carboxylic acids is 1. The number of aromatic nitrogens is 2. The maximum atomic E-state index is 12.9. The lowest BCUT2D eigenvalue weighted by molar-refractivity contribution is 0.0599. The molecule has 2 rings (SSSR count). The van der Waals surface area contributed by atoms with E-state index in [-0.39, 0.29) is 12.4 Å². The summed E-state index contributed by atoms with van der Waals surface area (Å²) in [5.41, 5.74) is -0.343. The molecule has 0 bridgehead atoms. The van der Waals surface area contributed by atoms with E-state index < -0.39 is 11.6 Å². The van der Waals surface area contributed by atoms with Crippen molar-refractivity contribution in [2.75, 3.05) is 11.9 Å². The largest absolute Gasteiger partial charge is 0.384 e. The Morgan fingerprint density at radius 1 is 1.26 bits per heavy atom. The number of carbonyl (C=O) groups is 1. The molecule has 2 aromatic rings. The van der Waals surface area contributed by atoms with Crippen molar-refractivity contribution in [2.24, 2.45) is 0 Å². The van der Waals surface area contributed by atoms with Crippen LogP contribution in [0.5, 0.6) is 0 Å². The SMILES string of the molecule is CCc1ncc(NC(=O)NCC(C)(O)c2ccc(F)cc2)cn1. The number of benzene rings is 1. The highest BCUT2D eigenvalue weighted by molar-refractivity contribution is 5.88. The van der Waals surface area contributed by atoms with E-state index in [1.54, 1.807) is 6.92 Å². The third-order valence-corrected chi connectivity index (χ3v) is 3.34. The normalized spacial score (nSPS) is 13.2. The smallest absolute Gasteiger partial charge is 0.319 e. The molecule has 3 N–H and O–H groups in total. The summed E-state index contributed by atoms with van der Waals surface area (Å²) >= 11 is 0. The molecule has 0 fully saturated rings. The van der Waals surface area contributed by atoms with E-state index in [1.165, 1.54) is 36.7 Å². The van der Waals surface area contributed by atoms with Gasteiger partial charge >= 0.3 is 6.03 Å². The molecule has 0 spiro atoms. The first-order valence-corrected chi connectivity index (χ1v) is 7.25. The molecule has 0 saturated carbocycles. The molecule has 0 saturated heterocycles. The molecule has 6 nitrogen and oxygen atoms in total. The second-order valence-corrected chi connectivity index (χ2v) is 5.33. The van der Waals surface area contributed by atoms with Crippen molar-refractivity contribution in [3.63, 3.8) is 0 Å². The summed E-state index contributed by atoms with van der Waals surface area (Å²) in [7, 11) is 0. The minimum absolute atomic E-state index is 0.0294. The standard InChI is InChI=1S/C16H19FN4O2/c1-3-14-18-8-13(9-19-14)21-15(22)20-10-16(2,23)11-4-6-12(17)7-5-11/h4-9,23H,3,10H2,1-2H3,(H2,20,21,22). The highest BCUT2D eigenvalue weighted by Gasteiger charge is 2.23. The monoisotopic (exact) mass is 318 g/mol. The predicted octanol–water partition coefficient (Wildman–Crippen LogP) is 2.21. The second-order valence-electron chi connectivity index (χ2n) is 5.33. The molecule has 0 aliphatic carbocycles. The van der Waals surface area contributed by atoms with Crippen molar-refractivity contribution in [1.82, 2.24) is 15.3 Å². The molecule has 122 valence electrons. The first-order valence-electron chi connectivity index (χ1n) is 7.25. The summed E-state index contributed by atoms with van der Waals surface area (Å²) in [6.45, 7) is 3.45. The number of hydrogen-bond donors (Lipinski definition) is 3. The number of nitrogens with one attached hydrogen (secondary N) is 2. The number of halogens is 1. The molecule has 23 heavy (non-hydrogen) atoms. The van der Waals surface area contributed by atoms with Crippen molar-refractivity contribution >= 4 is 11.7 Å². The lowest BCUT2D eigenvalue weighted by Gasteiger charge is -2.24. The Kier molecular flexibility index (Phi) is 5.23. The lowest BCUT2D eigenvalue weighted by Crippen LogP contribution is -2.40. The van der Waals surface area contributed by atoms with Crippen molar-refractivity contribution in [2.45, 2.75) is 25.9 Å². The van der Waals surface area contributed by atoms with E-state index >= 15 is 0 Å². The van der Waals surface area contributed by atoms with Crippen LogP contribution in [-0.4, -0.2) is 27.7 Å². The van der Waals surface area contributed by atoms with E-state index in [2.05, 4.69) is 20.6 Å². The third-order valence-electron chi connectivity index (χ3n) is 3.34. The molecule has 2 amide bonds. The number of nitrogens with zero attached hydrogens (tertiary/aromatic N) is 2. The Balaban J connectivity index is 1.90. The summed E-state index contributed by atoms with van der Waals surface area (Å²) in [6, 6.07) is 4.99. The number of rotatable bonds is 5. The van der Waals surface area contributed by atoms with Gasteiger partial charge in [-0.2, -0.15) is 0 Å². The van der Waals surface area contributed by atoms with Gasteiger partial charge in [0.05, 0.1) is 24.6 Å². The molecular weight excluding hydrogens is 299 g/mol. The van der Waals surface area contributed by atoms with Gasteiger partial charge in [0.1, 0.15) is 17.2 Å². The Morgan fingerprint density at radius 2 is 1.87 bits per heavy atom. The maximum Gasteiger partial charge on any atom is 0.319 e. The Bertz CT molecular complexity index is 657. The maximum absolute atomic E-state index is 12.9. The van der Waals surface area contributed by atoms with Crippen molar-refractivity contribution in [3.05, 3.63) is 53.9 Å². The summed E-state index contributed by atoms with van der Waals surface area (Å²) in [4.78, 5) is 20.0. The average Bonchev–Trinajstić information content (AvgIpc) is 2.54. The lowest BCUT2D eigenvalue weighted by atomic mass is 9.96. The number of hydrogen-bond acceptors (Lipinski definition) is 4. The molecule has 1 aromatic heterocycles. The van der Waals surface area contributed by atoms with Crippen LogP contribution in [0.4, 0.5) is 14.9 Å². The van der Waals surface area contributed by atoms with E-state index in [4.69, 9.17) is 0 Å². The average molecular weight is 318 g/mol. The van der Waals surface area contributed by atoms with E-state index in [1.807, 2.05) is 6.92 Å². The topological polar surface area (TPSA) is 87.1 Å². The van der Waals surface area contributed by atoms with Gasteiger partial charge in [0.2, 0.25) is 0 Å². The molecule has 0 aliphatic heterocycles. The van der Waals surface area contributed by atoms with Gasteiger partial charge in [-0.05, 0) is 24.6 Å². The van der Waals surface area contributed by atoms with Crippen LogP contribution < -0.4 is 10.6 Å². The van der Waals surface area contributed by atoms with Crippen molar-refractivity contribution < 1.29 is 14.3 Å². The molecule has 7 heteroatoms. The van der Waals surface area contributed by atoms with Gasteiger partial charge in [0.15, 0.2) is 0 Å². The van der Waals surface area contributed by atoms with E-state index in [0.29, 0.717) is 23.5 Å². The molecule has 1 unspecified atom stereocenters. The number of aryl methyl sites for hydroxylation is 1. The third kappa shape index (κ3) is 4.72. The van der Waals surface area contributed by atoms with Crippen LogP contribution in [0.25, 0.3) is 0 Å². The number of anilines is 1. The van der Waals surface area contributed by atoms with Gasteiger partial charge in [-0.15, -0.1) is 0 Å². The van der Waals surface area contributed by atoms with Crippen LogP contribution in [0.3, 0.4) is 0 Å². The van der Waals surface area contributed by atoms with Crippen LogP contribution in [0.2, 0.25) is 0 Å². The zero-order valence-electron chi connectivity index (χ0n) is 13.0. The molecule has 1 atom stereocenters. The van der Waals surface area contributed by atoms with Gasteiger partial charge in [-0.1, -0.05) is 19.1 Å². The van der Waals surface area contributed by atoms with Crippen LogP contribution in [0.15, 0.2) is 36.7 Å². The zero-order valence-corrected chi connectivity index (χ0v) is 13.0. The van der Waals surface area contributed by atoms with Crippen LogP contribution in [0, 0.1) is 5.82 Å². The Hall–Kier alpha value is -2.54. The molecular formula is C16H19FN4O2. The fourth-order valence-corrected chi connectivity index (χ4v) is 1.94. The molecule has 0 aliphatic rings. The quantitative estimate of drug-likeness (QED) is 0.789. The Labute approximate surface area is 133 Å². The highest BCUT2D eigenvalue weighted by Crippen LogP contribution is 2.19. The van der Waals surface area contributed by atoms with Crippen molar-refractivity contribution in [3.8, 4) is 0 Å². The second kappa shape index (κ2) is 7.15. The highest BCUT2D eigenvalue weighted by atomic mass is 19.1.